The normalized spacial score (nSPS) is 11.7. The highest BCUT2D eigenvalue weighted by Crippen LogP contribution is 2.23. The molecular weight excluding hydrogens is 292 g/mol. The van der Waals surface area contributed by atoms with Crippen LogP contribution >= 0.6 is 11.6 Å². The Kier molecular flexibility index (Phi) is 4.45. The fourth-order valence-electron chi connectivity index (χ4n) is 1.88. The first-order valence-corrected chi connectivity index (χ1v) is 6.50. The molecule has 21 heavy (non-hydrogen) atoms. The van der Waals surface area contributed by atoms with Gasteiger partial charge >= 0.3 is 5.97 Å². The highest BCUT2D eigenvalue weighted by Gasteiger charge is 2.24. The summed E-state index contributed by atoms with van der Waals surface area (Å²) in [4.78, 5) is 23.5. The molecule has 5 nitrogen and oxygen atoms in total. The Hall–Kier alpha value is -2.53. The number of hydrogen-bond acceptors (Lipinski definition) is 3. The number of carbonyl (C=O) groups is 2. The average molecular weight is 305 g/mol. The highest BCUT2D eigenvalue weighted by atomic mass is 35.5. The van der Waals surface area contributed by atoms with E-state index in [2.05, 4.69) is 5.32 Å². The zero-order valence-corrected chi connectivity index (χ0v) is 11.7. The fraction of sp³-hybridized carbons (Fsp3) is 0.0667. The van der Waals surface area contributed by atoms with Gasteiger partial charge in [-0.05, 0) is 24.3 Å². The van der Waals surface area contributed by atoms with E-state index in [9.17, 15) is 14.7 Å². The summed E-state index contributed by atoms with van der Waals surface area (Å²) in [5.74, 6) is -1.73. The van der Waals surface area contributed by atoms with Crippen LogP contribution in [0.4, 0.5) is 5.69 Å². The number of anilines is 1. The van der Waals surface area contributed by atoms with Crippen molar-refractivity contribution in [3.05, 3.63) is 64.7 Å². The van der Waals surface area contributed by atoms with Crippen LogP contribution in [-0.2, 0) is 4.79 Å². The molecule has 4 N–H and O–H groups in total. The van der Waals surface area contributed by atoms with E-state index in [1.54, 1.807) is 42.5 Å². The molecule has 108 valence electrons. The number of carbonyl (C=O) groups excluding carboxylic acids is 1. The van der Waals surface area contributed by atoms with Gasteiger partial charge in [0.25, 0.3) is 5.91 Å². The Morgan fingerprint density at radius 1 is 1.14 bits per heavy atom. The molecule has 0 saturated carbocycles. The number of carboxylic acids is 1. The number of hydrogen-bond donors (Lipinski definition) is 3. The van der Waals surface area contributed by atoms with Crippen LogP contribution in [0.15, 0.2) is 48.5 Å². The molecular formula is C15H13ClN2O3. The lowest BCUT2D eigenvalue weighted by atomic mass is 10.1. The van der Waals surface area contributed by atoms with Crippen LogP contribution in [0, 0.1) is 0 Å². The summed E-state index contributed by atoms with van der Waals surface area (Å²) in [5.41, 5.74) is 6.64. The largest absolute Gasteiger partial charge is 0.479 e. The van der Waals surface area contributed by atoms with Gasteiger partial charge in [-0.3, -0.25) is 4.79 Å². The van der Waals surface area contributed by atoms with Crippen LogP contribution < -0.4 is 11.1 Å². The SMILES string of the molecule is Nc1cccc(C(=O)N[C@@H](C(=O)O)c2ccccc2Cl)c1. The van der Waals surface area contributed by atoms with E-state index in [4.69, 9.17) is 17.3 Å². The molecule has 0 fully saturated rings. The standard InChI is InChI=1S/C15H13ClN2O3/c16-12-7-2-1-6-11(12)13(15(20)21)18-14(19)9-4-3-5-10(17)8-9/h1-8,13H,17H2,(H,18,19)(H,20,21)/t13-/m1/s1. The van der Waals surface area contributed by atoms with E-state index < -0.39 is 17.9 Å². The van der Waals surface area contributed by atoms with Crippen molar-refractivity contribution in [1.82, 2.24) is 5.32 Å². The molecule has 0 spiro atoms. The van der Waals surface area contributed by atoms with Gasteiger partial charge < -0.3 is 16.2 Å². The maximum atomic E-state index is 12.1. The Morgan fingerprint density at radius 3 is 2.48 bits per heavy atom. The number of nitrogens with one attached hydrogen (secondary N) is 1. The fourth-order valence-corrected chi connectivity index (χ4v) is 2.12. The van der Waals surface area contributed by atoms with Gasteiger partial charge in [-0.2, -0.15) is 0 Å². The van der Waals surface area contributed by atoms with Gasteiger partial charge in [0, 0.05) is 21.8 Å². The van der Waals surface area contributed by atoms with E-state index in [-0.39, 0.29) is 10.6 Å². The second-order valence-electron chi connectivity index (χ2n) is 4.39. The molecule has 0 aliphatic heterocycles. The lowest BCUT2D eigenvalue weighted by molar-refractivity contribution is -0.139. The monoisotopic (exact) mass is 304 g/mol. The molecule has 6 heteroatoms. The Morgan fingerprint density at radius 2 is 1.86 bits per heavy atom. The molecule has 0 aliphatic carbocycles. The van der Waals surface area contributed by atoms with Gasteiger partial charge in [0.05, 0.1) is 0 Å². The van der Waals surface area contributed by atoms with Crippen LogP contribution in [-0.4, -0.2) is 17.0 Å². The van der Waals surface area contributed by atoms with E-state index in [1.165, 1.54) is 6.07 Å². The third kappa shape index (κ3) is 3.52. The van der Waals surface area contributed by atoms with Crippen LogP contribution in [0.3, 0.4) is 0 Å². The summed E-state index contributed by atoms with van der Waals surface area (Å²) in [6, 6.07) is 11.5. The van der Waals surface area contributed by atoms with Crippen molar-refractivity contribution < 1.29 is 14.7 Å². The van der Waals surface area contributed by atoms with E-state index in [1.807, 2.05) is 0 Å². The number of carboxylic acid groups (broad SMARTS) is 1. The van der Waals surface area contributed by atoms with Gasteiger partial charge in [-0.25, -0.2) is 4.79 Å². The van der Waals surface area contributed by atoms with Gasteiger partial charge in [0.15, 0.2) is 6.04 Å². The molecule has 2 rings (SSSR count). The zero-order valence-electron chi connectivity index (χ0n) is 10.9. The lowest BCUT2D eigenvalue weighted by Crippen LogP contribution is -2.34. The number of aliphatic carboxylic acids is 1. The average Bonchev–Trinajstić information content (AvgIpc) is 2.45. The van der Waals surface area contributed by atoms with Crippen molar-refractivity contribution in [1.29, 1.82) is 0 Å². The molecule has 0 aromatic heterocycles. The minimum atomic E-state index is -1.23. The maximum Gasteiger partial charge on any atom is 0.330 e. The highest BCUT2D eigenvalue weighted by molar-refractivity contribution is 6.31. The molecule has 0 saturated heterocycles. The molecule has 0 unspecified atom stereocenters. The molecule has 0 aliphatic rings. The number of nitrogen functional groups attached to an aromatic ring is 1. The van der Waals surface area contributed by atoms with Crippen LogP contribution in [0.2, 0.25) is 5.02 Å². The van der Waals surface area contributed by atoms with E-state index >= 15 is 0 Å². The number of halogens is 1. The third-order valence-electron chi connectivity index (χ3n) is 2.89. The van der Waals surface area contributed by atoms with Crippen molar-refractivity contribution in [2.75, 3.05) is 5.73 Å². The Balaban J connectivity index is 2.27. The van der Waals surface area contributed by atoms with Crippen molar-refractivity contribution in [3.63, 3.8) is 0 Å². The molecule has 1 atom stereocenters. The molecule has 2 aromatic rings. The van der Waals surface area contributed by atoms with E-state index in [0.717, 1.165) is 0 Å². The predicted molar refractivity (Wildman–Crippen MR) is 80.1 cm³/mol. The van der Waals surface area contributed by atoms with Gasteiger partial charge in [0.2, 0.25) is 0 Å². The first-order chi connectivity index (χ1) is 9.99. The van der Waals surface area contributed by atoms with Crippen LogP contribution in [0.5, 0.6) is 0 Å². The second-order valence-corrected chi connectivity index (χ2v) is 4.80. The Labute approximate surface area is 126 Å². The molecule has 1 amide bonds. The van der Waals surface area contributed by atoms with Crippen molar-refractivity contribution in [3.8, 4) is 0 Å². The summed E-state index contributed by atoms with van der Waals surface area (Å²) in [6.45, 7) is 0. The summed E-state index contributed by atoms with van der Waals surface area (Å²) in [7, 11) is 0. The predicted octanol–water partition coefficient (Wildman–Crippen LogP) is 2.48. The third-order valence-corrected chi connectivity index (χ3v) is 3.23. The number of benzene rings is 2. The number of rotatable bonds is 4. The van der Waals surface area contributed by atoms with Gasteiger partial charge in [0.1, 0.15) is 0 Å². The van der Waals surface area contributed by atoms with Gasteiger partial charge in [-0.15, -0.1) is 0 Å². The zero-order chi connectivity index (χ0) is 15.4. The van der Waals surface area contributed by atoms with Crippen LogP contribution in [0.1, 0.15) is 22.0 Å². The summed E-state index contributed by atoms with van der Waals surface area (Å²) < 4.78 is 0. The first-order valence-electron chi connectivity index (χ1n) is 6.12. The summed E-state index contributed by atoms with van der Waals surface area (Å²) >= 11 is 5.98. The molecule has 2 aromatic carbocycles. The topological polar surface area (TPSA) is 92.4 Å². The minimum Gasteiger partial charge on any atom is -0.479 e. The molecule has 0 bridgehead atoms. The van der Waals surface area contributed by atoms with Gasteiger partial charge in [-0.1, -0.05) is 35.9 Å². The lowest BCUT2D eigenvalue weighted by Gasteiger charge is -2.16. The second kappa shape index (κ2) is 6.28. The van der Waals surface area contributed by atoms with E-state index in [0.29, 0.717) is 11.3 Å². The summed E-state index contributed by atoms with van der Waals surface area (Å²) in [5, 5.41) is 12.0. The number of nitrogens with two attached hydrogens (primary N) is 1. The van der Waals surface area contributed by atoms with Crippen molar-refractivity contribution in [2.24, 2.45) is 0 Å². The number of amides is 1. The maximum absolute atomic E-state index is 12.1. The minimum absolute atomic E-state index is 0.276. The molecule has 0 heterocycles. The van der Waals surface area contributed by atoms with Crippen molar-refractivity contribution in [2.45, 2.75) is 6.04 Å². The van der Waals surface area contributed by atoms with Crippen LogP contribution in [0.25, 0.3) is 0 Å². The first kappa shape index (κ1) is 14.9. The molecule has 0 radical (unpaired) electrons. The quantitative estimate of drug-likeness (QED) is 0.757. The Bertz CT molecular complexity index is 688. The van der Waals surface area contributed by atoms with Crippen molar-refractivity contribution >= 4 is 29.2 Å². The smallest absolute Gasteiger partial charge is 0.330 e. The summed E-state index contributed by atoms with van der Waals surface area (Å²) in [6.07, 6.45) is 0.